The topological polar surface area (TPSA) is 78.4 Å². The van der Waals surface area contributed by atoms with Gasteiger partial charge in [-0.2, -0.15) is 0 Å². The molecule has 1 fully saturated rings. The molecule has 1 N–H and O–H groups in total. The predicted octanol–water partition coefficient (Wildman–Crippen LogP) is 2.94. The lowest BCUT2D eigenvalue weighted by atomic mass is 9.97. The van der Waals surface area contributed by atoms with Gasteiger partial charge in [0.25, 0.3) is 0 Å². The maximum absolute atomic E-state index is 14.3. The summed E-state index contributed by atoms with van der Waals surface area (Å²) in [6.07, 6.45) is 1.46. The Hall–Kier alpha value is -2.55. The van der Waals surface area contributed by atoms with Crippen molar-refractivity contribution >= 4 is 34.1 Å². The van der Waals surface area contributed by atoms with E-state index < -0.39 is 12.1 Å². The van der Waals surface area contributed by atoms with E-state index in [-0.39, 0.29) is 18.4 Å². The molecule has 0 unspecified atom stereocenters. The number of nitrogens with one attached hydrogen (secondary N) is 1. The Morgan fingerprint density at radius 2 is 1.97 bits per heavy atom. The van der Waals surface area contributed by atoms with Gasteiger partial charge in [0.2, 0.25) is 12.3 Å². The summed E-state index contributed by atoms with van der Waals surface area (Å²) in [7, 11) is 0. The number of hydrogen-bond donors (Lipinski definition) is 1. The summed E-state index contributed by atoms with van der Waals surface area (Å²) in [5, 5.41) is 2.65. The number of hydrogen-bond acceptors (Lipinski definition) is 5. The van der Waals surface area contributed by atoms with Gasteiger partial charge in [-0.15, -0.1) is 0 Å². The van der Waals surface area contributed by atoms with Gasteiger partial charge < -0.3 is 15.1 Å². The average molecular weight is 490 g/mol. The van der Waals surface area contributed by atoms with Crippen LogP contribution in [0.3, 0.4) is 0 Å². The third-order valence-corrected chi connectivity index (χ3v) is 6.64. The second kappa shape index (κ2) is 9.30. The molecule has 1 aromatic carbocycles. The first kappa shape index (κ1) is 21.7. The normalized spacial score (nSPS) is 21.5. The number of piperazine rings is 1. The van der Waals surface area contributed by atoms with Crippen LogP contribution in [-0.2, 0) is 9.59 Å². The Morgan fingerprint density at radius 3 is 2.65 bits per heavy atom. The highest BCUT2D eigenvalue weighted by molar-refractivity contribution is 9.10. The monoisotopic (exact) mass is 489 g/mol. The Bertz CT molecular complexity index is 949. The highest BCUT2D eigenvalue weighted by atomic mass is 79.9. The number of amides is 2. The Morgan fingerprint density at radius 1 is 1.26 bits per heavy atom. The van der Waals surface area contributed by atoms with Crippen molar-refractivity contribution in [1.82, 2.24) is 20.2 Å². The lowest BCUT2D eigenvalue weighted by molar-refractivity contribution is -0.133. The smallest absolute Gasteiger partial charge is 0.232 e. The minimum absolute atomic E-state index is 0.0126. The minimum atomic E-state index is -1.04. The van der Waals surface area contributed by atoms with Crippen molar-refractivity contribution in [2.24, 2.45) is 0 Å². The zero-order chi connectivity index (χ0) is 22.0. The summed E-state index contributed by atoms with van der Waals surface area (Å²) in [6, 6.07) is 7.58. The van der Waals surface area contributed by atoms with E-state index in [1.807, 2.05) is 36.1 Å². The molecule has 0 saturated carbocycles. The van der Waals surface area contributed by atoms with Gasteiger partial charge in [-0.05, 0) is 30.0 Å². The molecule has 0 radical (unpaired) electrons. The van der Waals surface area contributed by atoms with Crippen molar-refractivity contribution in [3.8, 4) is 0 Å². The van der Waals surface area contributed by atoms with Gasteiger partial charge in [0.05, 0.1) is 11.6 Å². The first-order chi connectivity index (χ1) is 15.0. The molecule has 0 bridgehead atoms. The van der Waals surface area contributed by atoms with Crippen LogP contribution < -0.4 is 10.2 Å². The summed E-state index contributed by atoms with van der Waals surface area (Å²) >= 11 is 3.41. The fourth-order valence-corrected chi connectivity index (χ4v) is 4.75. The molecule has 2 heterocycles. The maximum Gasteiger partial charge on any atom is 0.232 e. The third-order valence-electron chi connectivity index (χ3n) is 6.11. The molecule has 4 rings (SSSR count). The van der Waals surface area contributed by atoms with Crippen molar-refractivity contribution in [2.45, 2.75) is 31.4 Å². The molecule has 1 aliphatic heterocycles. The number of benzene rings is 1. The summed E-state index contributed by atoms with van der Waals surface area (Å²) in [5.41, 5.74) is 2.27. The molecule has 3 atom stereocenters. The van der Waals surface area contributed by atoms with Crippen molar-refractivity contribution in [2.75, 3.05) is 37.6 Å². The van der Waals surface area contributed by atoms with E-state index in [0.717, 1.165) is 21.4 Å². The van der Waals surface area contributed by atoms with E-state index in [2.05, 4.69) is 36.1 Å². The SMILES string of the molecule is C[C@@H]1C[C@H](F)c2ncnc(N3CCN(C(=O)[C@@H](CNC=O)c4ccc(Br)cc4)CC3)c21. The van der Waals surface area contributed by atoms with Crippen LogP contribution in [-0.4, -0.2) is 59.9 Å². The molecular formula is C22H25BrFN5O2. The molecule has 0 spiro atoms. The molecule has 7 nitrogen and oxygen atoms in total. The fourth-order valence-electron chi connectivity index (χ4n) is 4.48. The van der Waals surface area contributed by atoms with Crippen LogP contribution in [0.2, 0.25) is 0 Å². The molecular weight excluding hydrogens is 465 g/mol. The van der Waals surface area contributed by atoms with Crippen LogP contribution >= 0.6 is 15.9 Å². The van der Waals surface area contributed by atoms with Crippen LogP contribution in [0.25, 0.3) is 0 Å². The van der Waals surface area contributed by atoms with Crippen LogP contribution in [0.4, 0.5) is 10.2 Å². The van der Waals surface area contributed by atoms with E-state index >= 15 is 0 Å². The van der Waals surface area contributed by atoms with Gasteiger partial charge in [0, 0.05) is 42.8 Å². The molecule has 1 aromatic heterocycles. The summed E-state index contributed by atoms with van der Waals surface area (Å²) in [6.45, 7) is 4.57. The number of rotatable bonds is 6. The van der Waals surface area contributed by atoms with Crippen molar-refractivity contribution in [3.05, 3.63) is 51.9 Å². The van der Waals surface area contributed by atoms with E-state index in [1.54, 1.807) is 0 Å². The van der Waals surface area contributed by atoms with Crippen molar-refractivity contribution in [3.63, 3.8) is 0 Å². The van der Waals surface area contributed by atoms with Gasteiger partial charge in [0.15, 0.2) is 0 Å². The number of aromatic nitrogens is 2. The first-order valence-electron chi connectivity index (χ1n) is 10.4. The Kier molecular flexibility index (Phi) is 6.50. The molecule has 31 heavy (non-hydrogen) atoms. The van der Waals surface area contributed by atoms with Crippen LogP contribution in [0.1, 0.15) is 48.2 Å². The van der Waals surface area contributed by atoms with Crippen molar-refractivity contribution in [1.29, 1.82) is 0 Å². The molecule has 1 saturated heterocycles. The molecule has 9 heteroatoms. The van der Waals surface area contributed by atoms with E-state index in [4.69, 9.17) is 0 Å². The number of carbonyl (C=O) groups excluding carboxylic acids is 2. The number of halogens is 2. The second-order valence-electron chi connectivity index (χ2n) is 8.04. The highest BCUT2D eigenvalue weighted by Gasteiger charge is 2.35. The predicted molar refractivity (Wildman–Crippen MR) is 119 cm³/mol. The van der Waals surface area contributed by atoms with Crippen LogP contribution in [0, 0.1) is 0 Å². The van der Waals surface area contributed by atoms with E-state index in [9.17, 15) is 14.0 Å². The van der Waals surface area contributed by atoms with Gasteiger partial charge >= 0.3 is 0 Å². The molecule has 2 aromatic rings. The largest absolute Gasteiger partial charge is 0.358 e. The molecule has 164 valence electrons. The number of nitrogens with zero attached hydrogens (tertiary/aromatic N) is 4. The van der Waals surface area contributed by atoms with Gasteiger partial charge in [-0.3, -0.25) is 9.59 Å². The van der Waals surface area contributed by atoms with Gasteiger partial charge in [-0.25, -0.2) is 14.4 Å². The molecule has 2 aliphatic rings. The number of alkyl halides is 1. The zero-order valence-electron chi connectivity index (χ0n) is 17.3. The minimum Gasteiger partial charge on any atom is -0.358 e. The van der Waals surface area contributed by atoms with Crippen LogP contribution in [0.15, 0.2) is 35.1 Å². The Labute approximate surface area is 189 Å². The highest BCUT2D eigenvalue weighted by Crippen LogP contribution is 2.44. The van der Waals surface area contributed by atoms with Gasteiger partial charge in [0.1, 0.15) is 18.3 Å². The molecule has 1 aliphatic carbocycles. The average Bonchev–Trinajstić information content (AvgIpc) is 3.09. The summed E-state index contributed by atoms with van der Waals surface area (Å²) in [5.74, 6) is 0.413. The molecule has 2 amide bonds. The second-order valence-corrected chi connectivity index (χ2v) is 8.96. The maximum atomic E-state index is 14.3. The summed E-state index contributed by atoms with van der Waals surface area (Å²) < 4.78 is 15.2. The van der Waals surface area contributed by atoms with Crippen molar-refractivity contribution < 1.29 is 14.0 Å². The number of anilines is 1. The standard InChI is InChI=1S/C22H25BrFN5O2/c1-14-10-18(24)20-19(14)21(27-12-26-20)28-6-8-29(9-7-28)22(31)17(11-25-13-30)15-2-4-16(23)5-3-15/h2-5,12-14,17-18H,6-11H2,1H3,(H,25,30)/t14-,17+,18+/m1/s1. The van der Waals surface area contributed by atoms with E-state index in [0.29, 0.717) is 44.7 Å². The fraction of sp³-hybridized carbons (Fsp3) is 0.455. The third kappa shape index (κ3) is 4.42. The van der Waals surface area contributed by atoms with E-state index in [1.165, 1.54) is 6.33 Å². The first-order valence-corrected chi connectivity index (χ1v) is 11.2. The summed E-state index contributed by atoms with van der Waals surface area (Å²) in [4.78, 5) is 36.7. The Balaban J connectivity index is 1.47. The quantitative estimate of drug-likeness (QED) is 0.631. The van der Waals surface area contributed by atoms with Gasteiger partial charge in [-0.1, -0.05) is 35.0 Å². The number of carbonyl (C=O) groups is 2. The lowest BCUT2D eigenvalue weighted by Gasteiger charge is -2.38. The zero-order valence-corrected chi connectivity index (χ0v) is 18.9. The lowest BCUT2D eigenvalue weighted by Crippen LogP contribution is -2.51. The van der Waals surface area contributed by atoms with Crippen LogP contribution in [0.5, 0.6) is 0 Å². The number of fused-ring (bicyclic) bond motifs is 1.